The van der Waals surface area contributed by atoms with E-state index in [0.717, 1.165) is 5.56 Å². The first-order chi connectivity index (χ1) is 9.07. The number of nitriles is 1. The molecule has 100 valence electrons. The molecule has 0 atom stereocenters. The fourth-order valence-corrected chi connectivity index (χ4v) is 2.85. The minimum Gasteiger partial charge on any atom is -0.465 e. The van der Waals surface area contributed by atoms with E-state index < -0.39 is 6.09 Å². The first kappa shape index (κ1) is 13.7. The lowest BCUT2D eigenvalue weighted by Crippen LogP contribution is -2.44. The van der Waals surface area contributed by atoms with Gasteiger partial charge in [0.25, 0.3) is 0 Å². The van der Waals surface area contributed by atoms with Crippen molar-refractivity contribution in [1.29, 1.82) is 5.26 Å². The fraction of sp³-hybridized carbons (Fsp3) is 0.429. The fourth-order valence-electron chi connectivity index (χ4n) is 2.66. The number of nitrogens with zero attached hydrogens (tertiary/aromatic N) is 2. The lowest BCUT2D eigenvalue weighted by Gasteiger charge is -2.40. The van der Waals surface area contributed by atoms with Crippen molar-refractivity contribution in [1.82, 2.24) is 4.90 Å². The standard InChI is InChI=1S/C14H15ClN2O2/c15-12-3-1-2-11(10-12)14(4-7-16)5-8-17(9-6-14)13(18)19/h1-3,10H,4-6,8-9H2,(H,18,19). The summed E-state index contributed by atoms with van der Waals surface area (Å²) in [5.41, 5.74) is 0.762. The van der Waals surface area contributed by atoms with Gasteiger partial charge >= 0.3 is 6.09 Å². The van der Waals surface area contributed by atoms with E-state index >= 15 is 0 Å². The summed E-state index contributed by atoms with van der Waals surface area (Å²) in [5, 5.41) is 18.7. The summed E-state index contributed by atoms with van der Waals surface area (Å²) in [4.78, 5) is 12.4. The second-order valence-corrected chi connectivity index (χ2v) is 5.33. The van der Waals surface area contributed by atoms with E-state index in [-0.39, 0.29) is 5.41 Å². The molecule has 4 nitrogen and oxygen atoms in total. The van der Waals surface area contributed by atoms with Crippen molar-refractivity contribution in [3.8, 4) is 6.07 Å². The molecule has 1 amide bonds. The number of halogens is 1. The highest BCUT2D eigenvalue weighted by molar-refractivity contribution is 6.30. The van der Waals surface area contributed by atoms with Crippen LogP contribution in [0, 0.1) is 11.3 Å². The van der Waals surface area contributed by atoms with Gasteiger partial charge in [-0.25, -0.2) is 4.79 Å². The van der Waals surface area contributed by atoms with Crippen LogP contribution in [-0.4, -0.2) is 29.2 Å². The van der Waals surface area contributed by atoms with E-state index in [1.807, 2.05) is 18.2 Å². The van der Waals surface area contributed by atoms with E-state index in [4.69, 9.17) is 22.0 Å². The number of hydrogen-bond donors (Lipinski definition) is 1. The van der Waals surface area contributed by atoms with E-state index in [0.29, 0.717) is 37.4 Å². The maximum atomic E-state index is 11.0. The van der Waals surface area contributed by atoms with Crippen LogP contribution >= 0.6 is 11.6 Å². The quantitative estimate of drug-likeness (QED) is 0.903. The number of carboxylic acid groups (broad SMARTS) is 1. The molecule has 0 spiro atoms. The van der Waals surface area contributed by atoms with Gasteiger partial charge in [-0.15, -0.1) is 0 Å². The van der Waals surface area contributed by atoms with Gasteiger partial charge in [0.15, 0.2) is 0 Å². The molecule has 0 saturated carbocycles. The smallest absolute Gasteiger partial charge is 0.407 e. The Bertz CT molecular complexity index is 516. The summed E-state index contributed by atoms with van der Waals surface area (Å²) in [6, 6.07) is 9.77. The third-order valence-electron chi connectivity index (χ3n) is 3.85. The number of carbonyl (C=O) groups is 1. The van der Waals surface area contributed by atoms with E-state index in [9.17, 15) is 4.79 Å². The number of likely N-dealkylation sites (tertiary alicyclic amines) is 1. The zero-order valence-electron chi connectivity index (χ0n) is 10.5. The molecule has 0 unspecified atom stereocenters. The topological polar surface area (TPSA) is 64.3 Å². The van der Waals surface area contributed by atoms with Crippen LogP contribution in [0.4, 0.5) is 4.79 Å². The van der Waals surface area contributed by atoms with Gasteiger partial charge in [-0.3, -0.25) is 0 Å². The predicted octanol–water partition coefficient (Wildman–Crippen LogP) is 3.27. The maximum Gasteiger partial charge on any atom is 0.407 e. The van der Waals surface area contributed by atoms with Crippen molar-refractivity contribution < 1.29 is 9.90 Å². The van der Waals surface area contributed by atoms with Crippen LogP contribution in [0.15, 0.2) is 24.3 Å². The largest absolute Gasteiger partial charge is 0.465 e. The van der Waals surface area contributed by atoms with Crippen molar-refractivity contribution in [3.05, 3.63) is 34.9 Å². The van der Waals surface area contributed by atoms with Gasteiger partial charge in [-0.05, 0) is 30.5 Å². The van der Waals surface area contributed by atoms with Gasteiger partial charge in [0.05, 0.1) is 6.07 Å². The van der Waals surface area contributed by atoms with Crippen LogP contribution in [0.1, 0.15) is 24.8 Å². The highest BCUT2D eigenvalue weighted by Gasteiger charge is 2.37. The van der Waals surface area contributed by atoms with Crippen LogP contribution in [-0.2, 0) is 5.41 Å². The number of rotatable bonds is 2. The van der Waals surface area contributed by atoms with Crippen LogP contribution in [0.25, 0.3) is 0 Å². The van der Waals surface area contributed by atoms with Crippen molar-refractivity contribution >= 4 is 17.7 Å². The summed E-state index contributed by atoms with van der Waals surface area (Å²) in [6.07, 6.45) is 0.818. The molecule has 1 saturated heterocycles. The predicted molar refractivity (Wildman–Crippen MR) is 72.2 cm³/mol. The van der Waals surface area contributed by atoms with Gasteiger partial charge in [0.2, 0.25) is 0 Å². The monoisotopic (exact) mass is 278 g/mol. The lowest BCUT2D eigenvalue weighted by atomic mass is 9.71. The molecule has 1 aliphatic heterocycles. The number of piperidine rings is 1. The van der Waals surface area contributed by atoms with Gasteiger partial charge in [-0.2, -0.15) is 5.26 Å². The SMILES string of the molecule is N#CCC1(c2cccc(Cl)c2)CCN(C(=O)O)CC1. The molecule has 1 heterocycles. The Hall–Kier alpha value is -1.73. The van der Waals surface area contributed by atoms with Crippen LogP contribution < -0.4 is 0 Å². The van der Waals surface area contributed by atoms with E-state index in [1.54, 1.807) is 6.07 Å². The molecule has 1 fully saturated rings. The summed E-state index contributed by atoms with van der Waals surface area (Å²) in [5.74, 6) is 0. The number of benzene rings is 1. The second-order valence-electron chi connectivity index (χ2n) is 4.90. The molecule has 0 aliphatic carbocycles. The first-order valence-corrected chi connectivity index (χ1v) is 6.56. The highest BCUT2D eigenvalue weighted by atomic mass is 35.5. The minimum atomic E-state index is -0.892. The van der Waals surface area contributed by atoms with Gasteiger partial charge in [0.1, 0.15) is 0 Å². The van der Waals surface area contributed by atoms with Gasteiger partial charge in [-0.1, -0.05) is 23.7 Å². The molecule has 19 heavy (non-hydrogen) atoms. The molecule has 1 aromatic carbocycles. The van der Waals surface area contributed by atoms with Crippen LogP contribution in [0.2, 0.25) is 5.02 Å². The Morgan fingerprint density at radius 1 is 1.47 bits per heavy atom. The van der Waals surface area contributed by atoms with Gasteiger partial charge < -0.3 is 10.0 Å². The lowest BCUT2D eigenvalue weighted by molar-refractivity contribution is 0.117. The molecular formula is C14H15ClN2O2. The maximum absolute atomic E-state index is 11.0. The molecular weight excluding hydrogens is 264 g/mol. The van der Waals surface area contributed by atoms with Crippen molar-refractivity contribution in [2.24, 2.45) is 0 Å². The summed E-state index contributed by atoms with van der Waals surface area (Å²) < 4.78 is 0. The Morgan fingerprint density at radius 3 is 2.68 bits per heavy atom. The molecule has 0 radical (unpaired) electrons. The van der Waals surface area contributed by atoms with E-state index in [2.05, 4.69) is 6.07 Å². The molecule has 0 bridgehead atoms. The molecule has 1 aromatic rings. The summed E-state index contributed by atoms with van der Waals surface area (Å²) >= 11 is 6.02. The average Bonchev–Trinajstić information content (AvgIpc) is 2.39. The zero-order chi connectivity index (χ0) is 13.9. The normalized spacial score (nSPS) is 17.8. The first-order valence-electron chi connectivity index (χ1n) is 6.18. The Labute approximate surface area is 117 Å². The average molecular weight is 279 g/mol. The molecule has 2 rings (SSSR count). The van der Waals surface area contributed by atoms with Crippen molar-refractivity contribution in [2.75, 3.05) is 13.1 Å². The number of amides is 1. The van der Waals surface area contributed by atoms with Crippen LogP contribution in [0.3, 0.4) is 0 Å². The molecule has 0 aromatic heterocycles. The second kappa shape index (κ2) is 5.50. The third kappa shape index (κ3) is 2.82. The Kier molecular flexibility index (Phi) is 3.96. The summed E-state index contributed by atoms with van der Waals surface area (Å²) in [7, 11) is 0. The number of hydrogen-bond acceptors (Lipinski definition) is 2. The van der Waals surface area contributed by atoms with Crippen molar-refractivity contribution in [3.63, 3.8) is 0 Å². The van der Waals surface area contributed by atoms with E-state index in [1.165, 1.54) is 4.90 Å². The zero-order valence-corrected chi connectivity index (χ0v) is 11.2. The Balaban J connectivity index is 2.26. The summed E-state index contributed by atoms with van der Waals surface area (Å²) in [6.45, 7) is 0.924. The minimum absolute atomic E-state index is 0.272. The van der Waals surface area contributed by atoms with Gasteiger partial charge in [0, 0.05) is 29.9 Å². The highest BCUT2D eigenvalue weighted by Crippen LogP contribution is 2.39. The molecule has 1 N–H and O–H groups in total. The molecule has 1 aliphatic rings. The van der Waals surface area contributed by atoms with Crippen molar-refractivity contribution in [2.45, 2.75) is 24.7 Å². The Morgan fingerprint density at radius 2 is 2.16 bits per heavy atom. The van der Waals surface area contributed by atoms with Crippen LogP contribution in [0.5, 0.6) is 0 Å². The third-order valence-corrected chi connectivity index (χ3v) is 4.08. The molecule has 5 heteroatoms.